The topological polar surface area (TPSA) is 49.3 Å². The van der Waals surface area contributed by atoms with Crippen molar-refractivity contribution in [3.8, 4) is 0 Å². The second kappa shape index (κ2) is 6.93. The van der Waals surface area contributed by atoms with Crippen LogP contribution in [0.3, 0.4) is 0 Å². The number of amides is 1. The van der Waals surface area contributed by atoms with Gasteiger partial charge in [0.15, 0.2) is 0 Å². The third kappa shape index (κ3) is 5.53. The van der Waals surface area contributed by atoms with Crippen LogP contribution in [0.4, 0.5) is 0 Å². The van der Waals surface area contributed by atoms with Crippen LogP contribution >= 0.6 is 27.7 Å². The number of carbonyl (C=O) groups excluding carboxylic acids is 1. The van der Waals surface area contributed by atoms with Crippen LogP contribution in [0.25, 0.3) is 0 Å². The normalized spacial score (nSPS) is 12.2. The highest BCUT2D eigenvalue weighted by molar-refractivity contribution is 9.10. The molecular weight excluding hydrogens is 290 g/mol. The molecule has 0 aromatic heterocycles. The summed E-state index contributed by atoms with van der Waals surface area (Å²) in [6.07, 6.45) is -0.498. The number of aliphatic hydroxyl groups excluding tert-OH is 1. The van der Waals surface area contributed by atoms with E-state index in [-0.39, 0.29) is 5.91 Å². The van der Waals surface area contributed by atoms with E-state index in [0.29, 0.717) is 12.3 Å². The number of thioether (sulfide) groups is 1. The van der Waals surface area contributed by atoms with Gasteiger partial charge in [-0.2, -0.15) is 0 Å². The van der Waals surface area contributed by atoms with Crippen molar-refractivity contribution in [1.29, 1.82) is 0 Å². The van der Waals surface area contributed by atoms with Gasteiger partial charge in [0, 0.05) is 15.9 Å². The van der Waals surface area contributed by atoms with Gasteiger partial charge in [0.2, 0.25) is 5.91 Å². The molecule has 0 aliphatic carbocycles. The third-order valence-electron chi connectivity index (χ3n) is 1.78. The quantitative estimate of drug-likeness (QED) is 0.819. The van der Waals surface area contributed by atoms with Crippen LogP contribution in [0.15, 0.2) is 33.6 Å². The zero-order chi connectivity index (χ0) is 12.0. The number of nitrogens with one attached hydrogen (secondary N) is 1. The highest BCUT2D eigenvalue weighted by Crippen LogP contribution is 2.20. The van der Waals surface area contributed by atoms with Crippen molar-refractivity contribution in [2.24, 2.45) is 0 Å². The molecule has 0 heterocycles. The van der Waals surface area contributed by atoms with Crippen LogP contribution in [-0.2, 0) is 4.79 Å². The predicted molar refractivity (Wildman–Crippen MR) is 69.6 cm³/mol. The first-order chi connectivity index (χ1) is 7.58. The molecule has 0 fully saturated rings. The fraction of sp³-hybridized carbons (Fsp3) is 0.364. The van der Waals surface area contributed by atoms with Gasteiger partial charge in [-0.3, -0.25) is 4.79 Å². The Kier molecular flexibility index (Phi) is 5.87. The lowest BCUT2D eigenvalue weighted by Crippen LogP contribution is -2.31. The molecule has 0 aliphatic heterocycles. The molecule has 1 aromatic rings. The second-order valence-electron chi connectivity index (χ2n) is 3.40. The van der Waals surface area contributed by atoms with E-state index in [0.717, 1.165) is 9.37 Å². The smallest absolute Gasteiger partial charge is 0.230 e. The molecule has 0 aliphatic rings. The van der Waals surface area contributed by atoms with Crippen LogP contribution in [0.2, 0.25) is 0 Å². The summed E-state index contributed by atoms with van der Waals surface area (Å²) in [6, 6.07) is 7.79. The molecule has 2 N–H and O–H groups in total. The molecule has 1 rings (SSSR count). The van der Waals surface area contributed by atoms with E-state index < -0.39 is 6.10 Å². The molecule has 88 valence electrons. The van der Waals surface area contributed by atoms with Gasteiger partial charge in [-0.05, 0) is 31.2 Å². The Morgan fingerprint density at radius 2 is 2.12 bits per heavy atom. The molecule has 1 unspecified atom stereocenters. The highest BCUT2D eigenvalue weighted by atomic mass is 79.9. The Morgan fingerprint density at radius 3 is 2.69 bits per heavy atom. The van der Waals surface area contributed by atoms with Crippen molar-refractivity contribution in [2.75, 3.05) is 12.3 Å². The minimum atomic E-state index is -0.498. The predicted octanol–water partition coefficient (Wildman–Crippen LogP) is 2.04. The lowest BCUT2D eigenvalue weighted by Gasteiger charge is -2.06. The van der Waals surface area contributed by atoms with Crippen molar-refractivity contribution in [3.63, 3.8) is 0 Å². The first-order valence-corrected chi connectivity index (χ1v) is 6.69. The van der Waals surface area contributed by atoms with Crippen LogP contribution in [0, 0.1) is 0 Å². The van der Waals surface area contributed by atoms with E-state index >= 15 is 0 Å². The van der Waals surface area contributed by atoms with Crippen LogP contribution in [-0.4, -0.2) is 29.4 Å². The summed E-state index contributed by atoms with van der Waals surface area (Å²) < 4.78 is 1.02. The van der Waals surface area contributed by atoms with Gasteiger partial charge in [0.05, 0.1) is 11.9 Å². The summed E-state index contributed by atoms with van der Waals surface area (Å²) in [5, 5.41) is 11.6. The lowest BCUT2D eigenvalue weighted by atomic mass is 10.4. The van der Waals surface area contributed by atoms with E-state index in [9.17, 15) is 4.79 Å². The van der Waals surface area contributed by atoms with Crippen molar-refractivity contribution < 1.29 is 9.90 Å². The molecule has 1 amide bonds. The maximum atomic E-state index is 11.3. The fourth-order valence-electron chi connectivity index (χ4n) is 0.992. The maximum Gasteiger partial charge on any atom is 0.230 e. The van der Waals surface area contributed by atoms with E-state index in [1.165, 1.54) is 11.8 Å². The Bertz CT molecular complexity index is 340. The number of halogens is 1. The highest BCUT2D eigenvalue weighted by Gasteiger charge is 2.03. The third-order valence-corrected chi connectivity index (χ3v) is 3.32. The molecule has 0 saturated heterocycles. The average Bonchev–Trinajstić information content (AvgIpc) is 2.25. The Hall–Kier alpha value is -0.520. The number of carbonyl (C=O) groups is 1. The van der Waals surface area contributed by atoms with Gasteiger partial charge in [-0.1, -0.05) is 15.9 Å². The van der Waals surface area contributed by atoms with Crippen LogP contribution in [0.5, 0.6) is 0 Å². The summed E-state index contributed by atoms with van der Waals surface area (Å²) in [7, 11) is 0. The Labute approximate surface area is 108 Å². The first-order valence-electron chi connectivity index (χ1n) is 4.91. The Balaban J connectivity index is 2.29. The second-order valence-corrected chi connectivity index (χ2v) is 5.36. The minimum absolute atomic E-state index is 0.0613. The van der Waals surface area contributed by atoms with Gasteiger partial charge < -0.3 is 10.4 Å². The minimum Gasteiger partial charge on any atom is -0.392 e. The van der Waals surface area contributed by atoms with Gasteiger partial charge in [0.25, 0.3) is 0 Å². The first kappa shape index (κ1) is 13.5. The van der Waals surface area contributed by atoms with E-state index in [4.69, 9.17) is 5.11 Å². The number of aliphatic hydroxyl groups is 1. The lowest BCUT2D eigenvalue weighted by molar-refractivity contribution is -0.118. The zero-order valence-corrected chi connectivity index (χ0v) is 11.3. The molecule has 0 bridgehead atoms. The van der Waals surface area contributed by atoms with Gasteiger partial charge in [-0.15, -0.1) is 11.8 Å². The van der Waals surface area contributed by atoms with E-state index in [2.05, 4.69) is 21.2 Å². The largest absolute Gasteiger partial charge is 0.392 e. The van der Waals surface area contributed by atoms with Gasteiger partial charge in [0.1, 0.15) is 0 Å². The standard InChI is InChI=1S/C11H14BrNO2S/c1-8(14)6-13-11(15)7-16-10-4-2-9(12)3-5-10/h2-5,8,14H,6-7H2,1H3,(H,13,15). The summed E-state index contributed by atoms with van der Waals surface area (Å²) in [5.41, 5.74) is 0. The van der Waals surface area contributed by atoms with E-state index in [1.54, 1.807) is 6.92 Å². The molecular formula is C11H14BrNO2S. The summed E-state index contributed by atoms with van der Waals surface area (Å²) in [4.78, 5) is 12.4. The average molecular weight is 304 g/mol. The van der Waals surface area contributed by atoms with Crippen molar-refractivity contribution in [1.82, 2.24) is 5.32 Å². The van der Waals surface area contributed by atoms with Crippen LogP contribution in [0.1, 0.15) is 6.92 Å². The molecule has 1 aromatic carbocycles. The molecule has 3 nitrogen and oxygen atoms in total. The van der Waals surface area contributed by atoms with Crippen molar-refractivity contribution in [3.05, 3.63) is 28.7 Å². The monoisotopic (exact) mass is 303 g/mol. The van der Waals surface area contributed by atoms with Gasteiger partial charge in [-0.25, -0.2) is 0 Å². The molecule has 0 spiro atoms. The molecule has 5 heteroatoms. The van der Waals surface area contributed by atoms with Crippen LogP contribution < -0.4 is 5.32 Å². The van der Waals surface area contributed by atoms with Crippen molar-refractivity contribution >= 4 is 33.6 Å². The summed E-state index contributed by atoms with van der Waals surface area (Å²) >= 11 is 4.82. The number of hydrogen-bond acceptors (Lipinski definition) is 3. The zero-order valence-electron chi connectivity index (χ0n) is 8.94. The molecule has 16 heavy (non-hydrogen) atoms. The number of hydrogen-bond donors (Lipinski definition) is 2. The SMILES string of the molecule is CC(O)CNC(=O)CSc1ccc(Br)cc1. The molecule has 0 saturated carbocycles. The van der Waals surface area contributed by atoms with Crippen molar-refractivity contribution in [2.45, 2.75) is 17.9 Å². The number of rotatable bonds is 5. The summed E-state index contributed by atoms with van der Waals surface area (Å²) in [6.45, 7) is 1.95. The maximum absolute atomic E-state index is 11.3. The molecule has 0 radical (unpaired) electrons. The fourth-order valence-corrected chi connectivity index (χ4v) is 1.98. The van der Waals surface area contributed by atoms with Gasteiger partial charge >= 0.3 is 0 Å². The molecule has 1 atom stereocenters. The number of benzene rings is 1. The summed E-state index contributed by atoms with van der Waals surface area (Å²) in [5.74, 6) is 0.308. The Morgan fingerprint density at radius 1 is 1.50 bits per heavy atom. The van der Waals surface area contributed by atoms with E-state index in [1.807, 2.05) is 24.3 Å².